The number of aromatic nitrogens is 3. The van der Waals surface area contributed by atoms with Crippen molar-refractivity contribution in [1.82, 2.24) is 15.0 Å². The molecule has 128 valence electrons. The van der Waals surface area contributed by atoms with E-state index < -0.39 is 0 Å². The molecule has 25 heavy (non-hydrogen) atoms. The lowest BCUT2D eigenvalue weighted by Gasteiger charge is -2.23. The molecule has 0 saturated heterocycles. The van der Waals surface area contributed by atoms with E-state index in [-0.39, 0.29) is 0 Å². The van der Waals surface area contributed by atoms with Gasteiger partial charge in [-0.05, 0) is 31.9 Å². The first-order valence-electron chi connectivity index (χ1n) is 9.01. The maximum absolute atomic E-state index is 4.67. The smallest absolute Gasteiger partial charge is 0.225 e. The molecular weight excluding hydrogens is 310 g/mol. The Morgan fingerprint density at radius 1 is 1.00 bits per heavy atom. The molecule has 1 saturated carbocycles. The number of hydrogen-bond acceptors (Lipinski definition) is 5. The van der Waals surface area contributed by atoms with Gasteiger partial charge < -0.3 is 10.6 Å². The maximum Gasteiger partial charge on any atom is 0.225 e. The minimum Gasteiger partial charge on any atom is -0.351 e. The van der Waals surface area contributed by atoms with E-state index in [1.54, 1.807) is 0 Å². The molecule has 4 rings (SSSR count). The first-order valence-corrected chi connectivity index (χ1v) is 9.01. The third kappa shape index (κ3) is 3.71. The minimum atomic E-state index is 0.489. The van der Waals surface area contributed by atoms with Crippen molar-refractivity contribution < 1.29 is 0 Å². The van der Waals surface area contributed by atoms with Gasteiger partial charge in [0, 0.05) is 29.4 Å². The largest absolute Gasteiger partial charge is 0.351 e. The molecular formula is C20H23N5. The van der Waals surface area contributed by atoms with E-state index in [0.29, 0.717) is 12.0 Å². The van der Waals surface area contributed by atoms with Gasteiger partial charge in [0.25, 0.3) is 0 Å². The van der Waals surface area contributed by atoms with Gasteiger partial charge >= 0.3 is 0 Å². The van der Waals surface area contributed by atoms with Gasteiger partial charge in [-0.1, -0.05) is 37.5 Å². The van der Waals surface area contributed by atoms with E-state index >= 15 is 0 Å². The minimum absolute atomic E-state index is 0.489. The van der Waals surface area contributed by atoms with Gasteiger partial charge in [0.05, 0.1) is 11.2 Å². The van der Waals surface area contributed by atoms with Crippen molar-refractivity contribution in [2.45, 2.75) is 45.1 Å². The summed E-state index contributed by atoms with van der Waals surface area (Å²) in [5.74, 6) is 1.51. The lowest BCUT2D eigenvalue weighted by molar-refractivity contribution is 0.461. The molecule has 0 atom stereocenters. The van der Waals surface area contributed by atoms with Gasteiger partial charge in [0.2, 0.25) is 5.95 Å². The van der Waals surface area contributed by atoms with Crippen LogP contribution in [-0.4, -0.2) is 21.0 Å². The van der Waals surface area contributed by atoms with Crippen LogP contribution in [0, 0.1) is 6.92 Å². The summed E-state index contributed by atoms with van der Waals surface area (Å²) in [6, 6.07) is 12.6. The van der Waals surface area contributed by atoms with E-state index in [0.717, 1.165) is 28.1 Å². The third-order valence-corrected chi connectivity index (χ3v) is 4.69. The zero-order valence-electron chi connectivity index (χ0n) is 14.5. The monoisotopic (exact) mass is 333 g/mol. The number of nitrogens with zero attached hydrogens (tertiary/aromatic N) is 3. The summed E-state index contributed by atoms with van der Waals surface area (Å²) in [5, 5.41) is 8.03. The van der Waals surface area contributed by atoms with Crippen LogP contribution in [-0.2, 0) is 0 Å². The van der Waals surface area contributed by atoms with Crippen LogP contribution in [0.3, 0.4) is 0 Å². The Labute approximate surface area is 147 Å². The van der Waals surface area contributed by atoms with Crippen LogP contribution >= 0.6 is 0 Å². The Balaban J connectivity index is 1.59. The molecule has 2 heterocycles. The molecule has 1 aliphatic carbocycles. The second-order valence-electron chi connectivity index (χ2n) is 6.70. The molecule has 5 heteroatoms. The first-order chi connectivity index (χ1) is 12.3. The molecule has 0 bridgehead atoms. The summed E-state index contributed by atoms with van der Waals surface area (Å²) in [4.78, 5) is 13.7. The third-order valence-electron chi connectivity index (χ3n) is 4.69. The van der Waals surface area contributed by atoms with Gasteiger partial charge in [-0.3, -0.25) is 4.98 Å². The quantitative estimate of drug-likeness (QED) is 0.716. The number of para-hydroxylation sites is 1. The molecule has 0 spiro atoms. The summed E-state index contributed by atoms with van der Waals surface area (Å²) < 4.78 is 0. The average molecular weight is 333 g/mol. The van der Waals surface area contributed by atoms with Crippen LogP contribution in [0.25, 0.3) is 10.9 Å². The van der Waals surface area contributed by atoms with Crippen molar-refractivity contribution in [3.8, 4) is 0 Å². The normalized spacial score (nSPS) is 15.2. The first kappa shape index (κ1) is 15.8. The predicted molar refractivity (Wildman–Crippen MR) is 102 cm³/mol. The standard InChI is InChI=1S/C20H23N5/c1-14-13-18(25-20(22-14)23-16-9-3-2-4-10-16)24-17-11-5-7-15-8-6-12-21-19(15)17/h5-8,11-13,16H,2-4,9-10H2,1H3,(H2,22,23,24,25). The van der Waals surface area contributed by atoms with Crippen LogP contribution in [0.1, 0.15) is 37.8 Å². The van der Waals surface area contributed by atoms with Gasteiger partial charge in [0.15, 0.2) is 0 Å². The second kappa shape index (κ2) is 7.05. The summed E-state index contributed by atoms with van der Waals surface area (Å²) in [6.45, 7) is 2.00. The molecule has 2 N–H and O–H groups in total. The Hall–Kier alpha value is -2.69. The average Bonchev–Trinajstić information content (AvgIpc) is 2.62. The Bertz CT molecular complexity index is 866. The zero-order chi connectivity index (χ0) is 17.1. The summed E-state index contributed by atoms with van der Waals surface area (Å²) in [7, 11) is 0. The summed E-state index contributed by atoms with van der Waals surface area (Å²) >= 11 is 0. The number of nitrogens with one attached hydrogen (secondary N) is 2. The van der Waals surface area contributed by atoms with Crippen LogP contribution in [0.5, 0.6) is 0 Å². The van der Waals surface area contributed by atoms with E-state index in [9.17, 15) is 0 Å². The van der Waals surface area contributed by atoms with E-state index in [4.69, 9.17) is 0 Å². The van der Waals surface area contributed by atoms with Gasteiger partial charge in [-0.25, -0.2) is 4.98 Å². The number of anilines is 3. The van der Waals surface area contributed by atoms with Gasteiger partial charge in [0.1, 0.15) is 5.82 Å². The molecule has 3 aromatic rings. The zero-order valence-corrected chi connectivity index (χ0v) is 14.5. The molecule has 0 radical (unpaired) electrons. The molecule has 1 fully saturated rings. The number of rotatable bonds is 4. The summed E-state index contributed by atoms with van der Waals surface area (Å²) in [5.41, 5.74) is 2.85. The second-order valence-corrected chi connectivity index (χ2v) is 6.70. The van der Waals surface area contributed by atoms with Crippen molar-refractivity contribution in [3.05, 3.63) is 48.3 Å². The van der Waals surface area contributed by atoms with E-state index in [1.165, 1.54) is 32.1 Å². The fraction of sp³-hybridized carbons (Fsp3) is 0.350. The fourth-order valence-corrected chi connectivity index (χ4v) is 3.47. The molecule has 2 aromatic heterocycles. The Morgan fingerprint density at radius 3 is 2.72 bits per heavy atom. The van der Waals surface area contributed by atoms with E-state index in [1.807, 2.05) is 37.4 Å². The highest BCUT2D eigenvalue weighted by atomic mass is 15.2. The number of aryl methyl sites for hydroxylation is 1. The van der Waals surface area contributed by atoms with Gasteiger partial charge in [-0.2, -0.15) is 4.98 Å². The molecule has 0 unspecified atom stereocenters. The number of benzene rings is 1. The molecule has 0 amide bonds. The van der Waals surface area contributed by atoms with Gasteiger partial charge in [-0.15, -0.1) is 0 Å². The van der Waals surface area contributed by atoms with Crippen LogP contribution in [0.2, 0.25) is 0 Å². The SMILES string of the molecule is Cc1cc(Nc2cccc3cccnc23)nc(NC2CCCCC2)n1. The number of fused-ring (bicyclic) bond motifs is 1. The van der Waals surface area contributed by atoms with Crippen molar-refractivity contribution >= 4 is 28.4 Å². The maximum atomic E-state index is 4.67. The highest BCUT2D eigenvalue weighted by Gasteiger charge is 2.15. The molecule has 1 aromatic carbocycles. The number of hydrogen-bond donors (Lipinski definition) is 2. The molecule has 0 aliphatic heterocycles. The van der Waals surface area contributed by atoms with Crippen LogP contribution < -0.4 is 10.6 Å². The summed E-state index contributed by atoms with van der Waals surface area (Å²) in [6.07, 6.45) is 8.13. The Kier molecular flexibility index (Phi) is 4.46. The lowest BCUT2D eigenvalue weighted by Crippen LogP contribution is -2.23. The van der Waals surface area contributed by atoms with Crippen molar-refractivity contribution in [3.63, 3.8) is 0 Å². The lowest BCUT2D eigenvalue weighted by atomic mass is 9.96. The number of pyridine rings is 1. The highest BCUT2D eigenvalue weighted by Crippen LogP contribution is 2.25. The van der Waals surface area contributed by atoms with Crippen molar-refractivity contribution in [1.29, 1.82) is 0 Å². The van der Waals surface area contributed by atoms with Crippen molar-refractivity contribution in [2.24, 2.45) is 0 Å². The van der Waals surface area contributed by atoms with Crippen molar-refractivity contribution in [2.75, 3.05) is 10.6 Å². The molecule has 1 aliphatic rings. The van der Waals surface area contributed by atoms with Crippen LogP contribution in [0.15, 0.2) is 42.6 Å². The molecule has 5 nitrogen and oxygen atoms in total. The van der Waals surface area contributed by atoms with E-state index in [2.05, 4.69) is 37.7 Å². The highest BCUT2D eigenvalue weighted by molar-refractivity contribution is 5.91. The predicted octanol–water partition coefficient (Wildman–Crippen LogP) is 4.82. The fourth-order valence-electron chi connectivity index (χ4n) is 3.47. The van der Waals surface area contributed by atoms with Crippen LogP contribution in [0.4, 0.5) is 17.5 Å². The topological polar surface area (TPSA) is 62.7 Å². The Morgan fingerprint density at radius 2 is 1.84 bits per heavy atom.